The molecule has 3 heteroatoms. The normalized spacial score (nSPS) is 39.7. The van der Waals surface area contributed by atoms with E-state index in [1.54, 1.807) is 0 Å². The maximum Gasteiger partial charge on any atom is 0.142 e. The highest BCUT2D eigenvalue weighted by Gasteiger charge is 2.49. The molecule has 0 unspecified atom stereocenters. The molecule has 19 heavy (non-hydrogen) atoms. The quantitative estimate of drug-likeness (QED) is 0.904. The first-order valence-electron chi connectivity index (χ1n) is 7.80. The van der Waals surface area contributed by atoms with Crippen molar-refractivity contribution in [3.05, 3.63) is 23.8 Å². The van der Waals surface area contributed by atoms with Crippen molar-refractivity contribution >= 4 is 0 Å². The zero-order valence-electron chi connectivity index (χ0n) is 11.7. The van der Waals surface area contributed by atoms with E-state index >= 15 is 0 Å². The zero-order valence-corrected chi connectivity index (χ0v) is 11.7. The van der Waals surface area contributed by atoms with Gasteiger partial charge in [0.25, 0.3) is 0 Å². The third kappa shape index (κ3) is 1.99. The van der Waals surface area contributed by atoms with Crippen LogP contribution in [0.25, 0.3) is 0 Å². The van der Waals surface area contributed by atoms with Gasteiger partial charge in [-0.2, -0.15) is 0 Å². The fraction of sp³-hybridized carbons (Fsp3) is 0.750. The molecule has 0 aromatic carbocycles. The molecule has 4 fully saturated rings. The van der Waals surface area contributed by atoms with Gasteiger partial charge in [-0.25, -0.2) is 9.97 Å². The second-order valence-corrected chi connectivity index (χ2v) is 6.88. The summed E-state index contributed by atoms with van der Waals surface area (Å²) >= 11 is 0. The van der Waals surface area contributed by atoms with E-state index in [0.29, 0.717) is 0 Å². The molecule has 0 amide bonds. The molecule has 0 atom stereocenters. The van der Waals surface area contributed by atoms with E-state index in [4.69, 9.17) is 4.98 Å². The van der Waals surface area contributed by atoms with Gasteiger partial charge < -0.3 is 5.32 Å². The monoisotopic (exact) mass is 257 g/mol. The van der Waals surface area contributed by atoms with Crippen LogP contribution in [-0.2, 0) is 6.54 Å². The summed E-state index contributed by atoms with van der Waals surface area (Å²) in [6.45, 7) is 0.779. The lowest BCUT2D eigenvalue weighted by molar-refractivity contribution is -0.00425. The maximum atomic E-state index is 4.83. The van der Waals surface area contributed by atoms with Crippen LogP contribution in [0, 0.1) is 23.7 Å². The van der Waals surface area contributed by atoms with Gasteiger partial charge in [0, 0.05) is 17.8 Å². The molecule has 0 saturated heterocycles. The summed E-state index contributed by atoms with van der Waals surface area (Å²) < 4.78 is 0. The highest BCUT2D eigenvalue weighted by atomic mass is 14.9. The Kier molecular flexibility index (Phi) is 2.83. The van der Waals surface area contributed by atoms with E-state index in [1.165, 1.54) is 37.8 Å². The molecule has 1 aromatic rings. The summed E-state index contributed by atoms with van der Waals surface area (Å²) in [6, 6.07) is 2.17. The lowest BCUT2D eigenvalue weighted by Crippen LogP contribution is -2.44. The van der Waals surface area contributed by atoms with Crippen molar-refractivity contribution in [2.75, 3.05) is 7.05 Å². The standard InChI is InChI=1S/C16H23N3/c1-17-9-15-18-3-2-14(19-15)16-12-5-10-4-11(7-12)8-13(16)6-10/h2-3,10-13,16-17H,4-9H2,1H3. The van der Waals surface area contributed by atoms with Crippen molar-refractivity contribution < 1.29 is 0 Å². The van der Waals surface area contributed by atoms with E-state index in [1.807, 2.05) is 13.2 Å². The first-order chi connectivity index (χ1) is 9.33. The van der Waals surface area contributed by atoms with Crippen LogP contribution < -0.4 is 5.32 Å². The molecule has 0 aliphatic heterocycles. The van der Waals surface area contributed by atoms with E-state index < -0.39 is 0 Å². The summed E-state index contributed by atoms with van der Waals surface area (Å²) in [5, 5.41) is 3.15. The molecule has 4 aliphatic rings. The molecule has 0 radical (unpaired) electrons. The minimum atomic E-state index is 0.728. The van der Waals surface area contributed by atoms with Crippen LogP contribution in [0.3, 0.4) is 0 Å². The topological polar surface area (TPSA) is 37.8 Å². The van der Waals surface area contributed by atoms with Crippen LogP contribution in [0.2, 0.25) is 0 Å². The van der Waals surface area contributed by atoms with E-state index in [2.05, 4.69) is 16.4 Å². The van der Waals surface area contributed by atoms with Crippen LogP contribution in [0.5, 0.6) is 0 Å². The average Bonchev–Trinajstić information content (AvgIpc) is 2.38. The van der Waals surface area contributed by atoms with Gasteiger partial charge in [-0.15, -0.1) is 0 Å². The number of nitrogens with one attached hydrogen (secondary N) is 1. The van der Waals surface area contributed by atoms with Crippen LogP contribution in [0.15, 0.2) is 12.3 Å². The SMILES string of the molecule is CNCc1nccc(C2C3CC4CC(C3)CC2C4)n1. The number of nitrogens with zero attached hydrogens (tertiary/aromatic N) is 2. The maximum absolute atomic E-state index is 4.83. The summed E-state index contributed by atoms with van der Waals surface area (Å²) in [4.78, 5) is 9.20. The second kappa shape index (κ2) is 4.55. The molecule has 4 saturated carbocycles. The molecular weight excluding hydrogens is 234 g/mol. The lowest BCUT2D eigenvalue weighted by atomic mass is 9.51. The minimum absolute atomic E-state index is 0.728. The van der Waals surface area contributed by atoms with Gasteiger partial charge in [-0.3, -0.25) is 0 Å². The Hall–Kier alpha value is -0.960. The van der Waals surface area contributed by atoms with Crippen molar-refractivity contribution in [2.45, 2.75) is 44.6 Å². The van der Waals surface area contributed by atoms with Gasteiger partial charge in [0.2, 0.25) is 0 Å². The van der Waals surface area contributed by atoms with Crippen LogP contribution in [0.4, 0.5) is 0 Å². The number of hydrogen-bond acceptors (Lipinski definition) is 3. The second-order valence-electron chi connectivity index (χ2n) is 6.88. The Morgan fingerprint density at radius 3 is 2.42 bits per heavy atom. The fourth-order valence-electron chi connectivity index (χ4n) is 5.25. The third-order valence-corrected chi connectivity index (χ3v) is 5.63. The summed E-state index contributed by atoms with van der Waals surface area (Å²) in [5.74, 6) is 5.58. The van der Waals surface area contributed by atoms with Gasteiger partial charge in [0.1, 0.15) is 5.82 Å². The van der Waals surface area contributed by atoms with Crippen molar-refractivity contribution in [3.63, 3.8) is 0 Å². The zero-order chi connectivity index (χ0) is 12.8. The molecule has 102 valence electrons. The molecular formula is C16H23N3. The fourth-order valence-corrected chi connectivity index (χ4v) is 5.25. The molecule has 4 bridgehead atoms. The number of hydrogen-bond donors (Lipinski definition) is 1. The smallest absolute Gasteiger partial charge is 0.142 e. The van der Waals surface area contributed by atoms with Crippen molar-refractivity contribution in [3.8, 4) is 0 Å². The average molecular weight is 257 g/mol. The summed E-state index contributed by atoms with van der Waals surface area (Å²) in [6.07, 6.45) is 9.33. The van der Waals surface area contributed by atoms with Gasteiger partial charge in [0.05, 0.1) is 6.54 Å². The summed E-state index contributed by atoms with van der Waals surface area (Å²) in [5.41, 5.74) is 1.33. The van der Waals surface area contributed by atoms with Crippen molar-refractivity contribution in [2.24, 2.45) is 23.7 Å². The minimum Gasteiger partial charge on any atom is -0.313 e. The van der Waals surface area contributed by atoms with Gasteiger partial charge in [-0.05, 0) is 68.9 Å². The van der Waals surface area contributed by atoms with Crippen LogP contribution in [0.1, 0.15) is 49.5 Å². The molecule has 5 rings (SSSR count). The number of aromatic nitrogens is 2. The predicted molar refractivity (Wildman–Crippen MR) is 74.6 cm³/mol. The first-order valence-corrected chi connectivity index (χ1v) is 7.80. The molecule has 1 heterocycles. The summed E-state index contributed by atoms with van der Waals surface area (Å²) in [7, 11) is 1.96. The largest absolute Gasteiger partial charge is 0.313 e. The Bertz CT molecular complexity index is 443. The Morgan fingerprint density at radius 2 is 1.79 bits per heavy atom. The van der Waals surface area contributed by atoms with Crippen LogP contribution in [-0.4, -0.2) is 17.0 Å². The van der Waals surface area contributed by atoms with Gasteiger partial charge >= 0.3 is 0 Å². The number of rotatable bonds is 3. The predicted octanol–water partition coefficient (Wildman–Crippen LogP) is 2.74. The molecule has 3 nitrogen and oxygen atoms in total. The van der Waals surface area contributed by atoms with E-state index in [9.17, 15) is 0 Å². The first kappa shape index (κ1) is 11.8. The van der Waals surface area contributed by atoms with E-state index in [0.717, 1.165) is 42.0 Å². The Morgan fingerprint density at radius 1 is 1.11 bits per heavy atom. The van der Waals surface area contributed by atoms with E-state index in [-0.39, 0.29) is 0 Å². The van der Waals surface area contributed by atoms with Crippen LogP contribution >= 0.6 is 0 Å². The molecule has 1 N–H and O–H groups in total. The Labute approximate surface area is 115 Å². The molecule has 0 spiro atoms. The highest BCUT2D eigenvalue weighted by Crippen LogP contribution is 2.59. The van der Waals surface area contributed by atoms with Crippen molar-refractivity contribution in [1.29, 1.82) is 0 Å². The lowest BCUT2D eigenvalue weighted by Gasteiger charge is -2.54. The van der Waals surface area contributed by atoms with Crippen molar-refractivity contribution in [1.82, 2.24) is 15.3 Å². The third-order valence-electron chi connectivity index (χ3n) is 5.63. The molecule has 4 aliphatic carbocycles. The Balaban J connectivity index is 1.63. The highest BCUT2D eigenvalue weighted by molar-refractivity contribution is 5.16. The van der Waals surface area contributed by atoms with Gasteiger partial charge in [-0.1, -0.05) is 0 Å². The molecule has 1 aromatic heterocycles. The van der Waals surface area contributed by atoms with Gasteiger partial charge in [0.15, 0.2) is 0 Å².